The molecule has 0 spiro atoms. The number of anilines is 1. The monoisotopic (exact) mass is 400 g/mol. The van der Waals surface area contributed by atoms with Crippen molar-refractivity contribution in [2.45, 2.75) is 38.1 Å². The van der Waals surface area contributed by atoms with E-state index in [4.69, 9.17) is 4.74 Å². The first-order valence-corrected chi connectivity index (χ1v) is 10.2. The molecular formula is C24H24N4O2. The zero-order valence-corrected chi connectivity index (χ0v) is 16.8. The van der Waals surface area contributed by atoms with Crippen LogP contribution in [0.2, 0.25) is 0 Å². The summed E-state index contributed by atoms with van der Waals surface area (Å²) in [4.78, 5) is 17.3. The molecule has 3 aromatic rings. The first-order valence-electron chi connectivity index (χ1n) is 10.2. The molecule has 1 aliphatic carbocycles. The summed E-state index contributed by atoms with van der Waals surface area (Å²) in [6.07, 6.45) is 4.32. The van der Waals surface area contributed by atoms with Crippen molar-refractivity contribution >= 4 is 5.95 Å². The van der Waals surface area contributed by atoms with Gasteiger partial charge in [0.1, 0.15) is 11.8 Å². The summed E-state index contributed by atoms with van der Waals surface area (Å²) in [6.45, 7) is 2.25. The second-order valence-electron chi connectivity index (χ2n) is 7.94. The maximum absolute atomic E-state index is 12.7. The average Bonchev–Trinajstić information content (AvgIpc) is 3.52. The first kappa shape index (κ1) is 18.6. The number of hydrogen-bond acceptors (Lipinski definition) is 5. The van der Waals surface area contributed by atoms with E-state index in [1.54, 1.807) is 0 Å². The fourth-order valence-electron chi connectivity index (χ4n) is 3.69. The Morgan fingerprint density at radius 3 is 2.53 bits per heavy atom. The van der Waals surface area contributed by atoms with Crippen LogP contribution in [0.15, 0.2) is 83.2 Å². The Morgan fingerprint density at radius 1 is 1.13 bits per heavy atom. The molecule has 2 aliphatic rings. The molecule has 30 heavy (non-hydrogen) atoms. The molecule has 152 valence electrons. The summed E-state index contributed by atoms with van der Waals surface area (Å²) in [5.74, 6) is 0.490. The third-order valence-electron chi connectivity index (χ3n) is 5.48. The predicted octanol–water partition coefficient (Wildman–Crippen LogP) is 4.06. The Bertz CT molecular complexity index is 1130. The van der Waals surface area contributed by atoms with Crippen LogP contribution in [0.1, 0.15) is 42.7 Å². The topological polar surface area (TPSA) is 68.2 Å². The zero-order valence-electron chi connectivity index (χ0n) is 16.8. The van der Waals surface area contributed by atoms with E-state index in [-0.39, 0.29) is 18.3 Å². The second kappa shape index (κ2) is 7.46. The number of nitrogens with zero attached hydrogens (tertiary/aromatic N) is 2. The van der Waals surface area contributed by atoms with E-state index in [2.05, 4.69) is 33.9 Å². The molecule has 2 heterocycles. The van der Waals surface area contributed by atoms with Gasteiger partial charge in [-0.3, -0.25) is 10.2 Å². The molecule has 1 saturated carbocycles. The minimum absolute atomic E-state index is 0.137. The number of rotatable bonds is 6. The van der Waals surface area contributed by atoms with E-state index >= 15 is 0 Å². The molecule has 0 radical (unpaired) electrons. The Labute approximate surface area is 175 Å². The SMILES string of the molecule is CC1(c2ccccc2)Nc2nc(COC(C=C3CC3)c3ccccc3)cc(=O)n2N1. The number of benzene rings is 2. The van der Waals surface area contributed by atoms with Gasteiger partial charge in [0.2, 0.25) is 5.95 Å². The number of fused-ring (bicyclic) bond motifs is 1. The highest BCUT2D eigenvalue weighted by atomic mass is 16.5. The number of ether oxygens (including phenoxy) is 1. The van der Waals surface area contributed by atoms with Crippen LogP contribution in [0.5, 0.6) is 0 Å². The van der Waals surface area contributed by atoms with E-state index in [1.807, 2.05) is 55.5 Å². The molecule has 0 bridgehead atoms. The molecule has 1 fully saturated rings. The van der Waals surface area contributed by atoms with Crippen molar-refractivity contribution in [3.8, 4) is 0 Å². The summed E-state index contributed by atoms with van der Waals surface area (Å²) < 4.78 is 7.64. The van der Waals surface area contributed by atoms with E-state index < -0.39 is 5.66 Å². The van der Waals surface area contributed by atoms with Crippen LogP contribution in [0, 0.1) is 0 Å². The highest BCUT2D eigenvalue weighted by Crippen LogP contribution is 2.33. The van der Waals surface area contributed by atoms with Crippen molar-refractivity contribution < 1.29 is 4.74 Å². The lowest BCUT2D eigenvalue weighted by atomic mass is 10.0. The first-order chi connectivity index (χ1) is 14.6. The minimum Gasteiger partial charge on any atom is -0.363 e. The summed E-state index contributed by atoms with van der Waals surface area (Å²) in [6, 6.07) is 21.6. The quantitative estimate of drug-likeness (QED) is 0.611. The van der Waals surface area contributed by atoms with Gasteiger partial charge in [-0.15, -0.1) is 0 Å². The zero-order chi connectivity index (χ0) is 20.6. The summed E-state index contributed by atoms with van der Waals surface area (Å²) in [7, 11) is 0. The van der Waals surface area contributed by atoms with Crippen LogP contribution in [0.4, 0.5) is 5.95 Å². The molecule has 5 rings (SSSR count). The van der Waals surface area contributed by atoms with Gasteiger partial charge in [0.15, 0.2) is 0 Å². The molecule has 2 N–H and O–H groups in total. The fourth-order valence-corrected chi connectivity index (χ4v) is 3.69. The third-order valence-corrected chi connectivity index (χ3v) is 5.48. The Morgan fingerprint density at radius 2 is 1.83 bits per heavy atom. The second-order valence-corrected chi connectivity index (χ2v) is 7.94. The van der Waals surface area contributed by atoms with Gasteiger partial charge in [-0.2, -0.15) is 4.68 Å². The van der Waals surface area contributed by atoms with Gasteiger partial charge in [0, 0.05) is 6.07 Å². The van der Waals surface area contributed by atoms with E-state index in [0.717, 1.165) is 24.0 Å². The van der Waals surface area contributed by atoms with Crippen molar-refractivity contribution in [1.29, 1.82) is 0 Å². The number of aromatic nitrogens is 2. The van der Waals surface area contributed by atoms with Gasteiger partial charge in [-0.05, 0) is 30.9 Å². The maximum atomic E-state index is 12.7. The van der Waals surface area contributed by atoms with Crippen molar-refractivity contribution in [2.75, 3.05) is 10.7 Å². The van der Waals surface area contributed by atoms with Crippen LogP contribution >= 0.6 is 0 Å². The standard InChI is InChI=1S/C24H24N4O2/c1-24(19-10-6-3-7-11-19)26-23-25-20(15-22(29)28(23)27-24)16-30-21(14-17-12-13-17)18-8-4-2-5-9-18/h2-11,14-15,21,27H,12-13,16H2,1H3,(H,25,26). The summed E-state index contributed by atoms with van der Waals surface area (Å²) in [5.41, 5.74) is 6.60. The highest BCUT2D eigenvalue weighted by Gasteiger charge is 2.35. The van der Waals surface area contributed by atoms with Crippen molar-refractivity contribution in [2.24, 2.45) is 0 Å². The number of nitrogens with one attached hydrogen (secondary N) is 2. The van der Waals surface area contributed by atoms with Gasteiger partial charge >= 0.3 is 0 Å². The predicted molar refractivity (Wildman–Crippen MR) is 117 cm³/mol. The van der Waals surface area contributed by atoms with Crippen molar-refractivity contribution in [3.63, 3.8) is 0 Å². The smallest absolute Gasteiger partial charge is 0.273 e. The molecule has 6 nitrogen and oxygen atoms in total. The van der Waals surface area contributed by atoms with E-state index in [1.165, 1.54) is 16.3 Å². The molecule has 2 aromatic carbocycles. The largest absolute Gasteiger partial charge is 0.363 e. The molecule has 0 amide bonds. The Balaban J connectivity index is 1.36. The highest BCUT2D eigenvalue weighted by molar-refractivity contribution is 5.45. The molecule has 1 aliphatic heterocycles. The van der Waals surface area contributed by atoms with Gasteiger partial charge in [0.05, 0.1) is 12.3 Å². The molecule has 2 unspecified atom stereocenters. The van der Waals surface area contributed by atoms with Gasteiger partial charge < -0.3 is 10.1 Å². The lowest BCUT2D eigenvalue weighted by molar-refractivity contribution is 0.0693. The van der Waals surface area contributed by atoms with Crippen LogP contribution in [-0.2, 0) is 17.0 Å². The lowest BCUT2D eigenvalue weighted by Crippen LogP contribution is -2.39. The van der Waals surface area contributed by atoms with Crippen molar-refractivity contribution in [1.82, 2.24) is 9.66 Å². The third kappa shape index (κ3) is 3.74. The molecular weight excluding hydrogens is 376 g/mol. The van der Waals surface area contributed by atoms with Crippen LogP contribution in [0.25, 0.3) is 0 Å². The van der Waals surface area contributed by atoms with Crippen molar-refractivity contribution in [3.05, 3.63) is 106 Å². The van der Waals surface area contributed by atoms with Gasteiger partial charge in [-0.25, -0.2) is 4.98 Å². The molecule has 6 heteroatoms. The maximum Gasteiger partial charge on any atom is 0.273 e. The minimum atomic E-state index is -0.608. The molecule has 1 aromatic heterocycles. The van der Waals surface area contributed by atoms with Gasteiger partial charge in [-0.1, -0.05) is 72.3 Å². The average molecular weight is 400 g/mol. The number of allylic oxidation sites excluding steroid dienone is 1. The summed E-state index contributed by atoms with van der Waals surface area (Å²) >= 11 is 0. The van der Waals surface area contributed by atoms with E-state index in [9.17, 15) is 4.79 Å². The lowest BCUT2D eigenvalue weighted by Gasteiger charge is -2.25. The van der Waals surface area contributed by atoms with Crippen LogP contribution in [0.3, 0.4) is 0 Å². The Hall–Kier alpha value is -3.38. The van der Waals surface area contributed by atoms with Gasteiger partial charge in [0.25, 0.3) is 5.56 Å². The Kier molecular flexibility index (Phi) is 4.64. The fraction of sp³-hybridized carbons (Fsp3) is 0.250. The molecule has 0 saturated heterocycles. The van der Waals surface area contributed by atoms with Crippen LogP contribution < -0.4 is 16.3 Å². The van der Waals surface area contributed by atoms with Crippen LogP contribution in [-0.4, -0.2) is 9.66 Å². The normalized spacial score (nSPS) is 20.1. The summed E-state index contributed by atoms with van der Waals surface area (Å²) in [5, 5.41) is 3.34. The number of hydrogen-bond donors (Lipinski definition) is 2. The molecule has 2 atom stereocenters. The van der Waals surface area contributed by atoms with E-state index in [0.29, 0.717) is 11.6 Å².